The number of methoxy groups -OCH3 is 2. The van der Waals surface area contributed by atoms with Crippen LogP contribution < -0.4 is 25.8 Å². The summed E-state index contributed by atoms with van der Waals surface area (Å²) in [6.45, 7) is 0.347. The fraction of sp³-hybridized carbons (Fsp3) is 0.452. The van der Waals surface area contributed by atoms with Gasteiger partial charge in [0.2, 0.25) is 11.8 Å². The number of nitrogens with one attached hydrogen (secondary N) is 2. The third-order valence-electron chi connectivity index (χ3n) is 7.46. The van der Waals surface area contributed by atoms with Crippen LogP contribution >= 0.6 is 0 Å². The maximum Gasteiger partial charge on any atom is 0.490 e. The molecule has 48 heavy (non-hydrogen) atoms. The van der Waals surface area contributed by atoms with Crippen molar-refractivity contribution < 1.29 is 46.5 Å². The number of hydrogen-bond donors (Lipinski definition) is 4. The van der Waals surface area contributed by atoms with Gasteiger partial charge in [0, 0.05) is 12.1 Å². The van der Waals surface area contributed by atoms with Gasteiger partial charge in [0.25, 0.3) is 0 Å². The van der Waals surface area contributed by atoms with Crippen molar-refractivity contribution in [1.29, 1.82) is 0 Å². The topological polar surface area (TPSA) is 189 Å². The normalized spacial score (nSPS) is 15.5. The molecule has 1 saturated carbocycles. The Morgan fingerprint density at radius 3 is 2.29 bits per heavy atom. The maximum absolute atomic E-state index is 14.7. The van der Waals surface area contributed by atoms with Crippen molar-refractivity contribution >= 4 is 29.5 Å². The number of aliphatic imine (C=N–C) groups is 1. The van der Waals surface area contributed by atoms with Crippen LogP contribution in [-0.4, -0.2) is 67.5 Å². The van der Waals surface area contributed by atoms with E-state index in [0.717, 1.165) is 25.7 Å². The Hall–Kier alpha value is -5.09. The predicted molar refractivity (Wildman–Crippen MR) is 166 cm³/mol. The average Bonchev–Trinajstić information content (AvgIpc) is 3.58. The number of guanidine groups is 1. The van der Waals surface area contributed by atoms with E-state index in [1.807, 2.05) is 0 Å². The van der Waals surface area contributed by atoms with E-state index in [9.17, 15) is 27.2 Å². The minimum Gasteiger partial charge on any atom is -0.493 e. The van der Waals surface area contributed by atoms with Crippen LogP contribution in [0.5, 0.6) is 11.5 Å². The van der Waals surface area contributed by atoms with E-state index in [1.165, 1.54) is 26.7 Å². The summed E-state index contributed by atoms with van der Waals surface area (Å²) in [6, 6.07) is 9.09. The lowest BCUT2D eigenvalue weighted by molar-refractivity contribution is -0.192. The second kappa shape index (κ2) is 17.7. The first kappa shape index (κ1) is 37.4. The molecule has 0 bridgehead atoms. The lowest BCUT2D eigenvalue weighted by Crippen LogP contribution is -2.42. The monoisotopic (exact) mass is 679 g/mol. The fourth-order valence-corrected chi connectivity index (χ4v) is 5.08. The smallest absolute Gasteiger partial charge is 0.490 e. The van der Waals surface area contributed by atoms with Gasteiger partial charge in [-0.25, -0.2) is 14.2 Å². The Balaban J connectivity index is 0.000000804. The molecule has 0 unspecified atom stereocenters. The lowest BCUT2D eigenvalue weighted by Gasteiger charge is -2.24. The van der Waals surface area contributed by atoms with Crippen LogP contribution in [0.1, 0.15) is 55.2 Å². The first-order valence-electron chi connectivity index (χ1n) is 14.9. The molecule has 2 aromatic carbocycles. The zero-order valence-corrected chi connectivity index (χ0v) is 26.3. The molecule has 13 nitrogen and oxygen atoms in total. The Labute approximate surface area is 273 Å². The number of carboxylic acid groups (broad SMARTS) is 1. The summed E-state index contributed by atoms with van der Waals surface area (Å²) in [7, 11) is 3.06. The molecule has 0 spiro atoms. The Kier molecular flexibility index (Phi) is 13.8. The molecular formula is C31H37F4N7O6. The molecule has 2 aromatic rings. The molecule has 1 aliphatic heterocycles. The quantitative estimate of drug-likeness (QED) is 0.155. The van der Waals surface area contributed by atoms with Crippen molar-refractivity contribution in [3.05, 3.63) is 58.9 Å². The van der Waals surface area contributed by atoms with Crippen LogP contribution in [0.15, 0.2) is 56.8 Å². The highest BCUT2D eigenvalue weighted by molar-refractivity contribution is 6.03. The molecule has 260 valence electrons. The second-order valence-corrected chi connectivity index (χ2v) is 11.0. The molecule has 0 radical (unpaired) electrons. The van der Waals surface area contributed by atoms with E-state index in [4.69, 9.17) is 25.1 Å². The summed E-state index contributed by atoms with van der Waals surface area (Å²) in [5, 5.41) is 23.7. The summed E-state index contributed by atoms with van der Waals surface area (Å²) in [5.74, 6) is -2.66. The Morgan fingerprint density at radius 1 is 1.04 bits per heavy atom. The van der Waals surface area contributed by atoms with Gasteiger partial charge in [-0.05, 0) is 53.0 Å². The number of nitrogens with two attached hydrogens (primary N) is 1. The largest absolute Gasteiger partial charge is 0.493 e. The van der Waals surface area contributed by atoms with Gasteiger partial charge in [0.15, 0.2) is 17.5 Å². The molecule has 1 aliphatic carbocycles. The van der Waals surface area contributed by atoms with Crippen molar-refractivity contribution in [3.63, 3.8) is 0 Å². The van der Waals surface area contributed by atoms with Crippen molar-refractivity contribution in [2.45, 2.75) is 63.7 Å². The van der Waals surface area contributed by atoms with Crippen LogP contribution in [0.25, 0.3) is 0 Å². The Morgan fingerprint density at radius 2 is 1.71 bits per heavy atom. The third kappa shape index (κ3) is 11.6. The summed E-state index contributed by atoms with van der Waals surface area (Å²) >= 11 is 0. The van der Waals surface area contributed by atoms with Gasteiger partial charge in [-0.3, -0.25) is 14.9 Å². The summed E-state index contributed by atoms with van der Waals surface area (Å²) < 4.78 is 56.9. The Bertz CT molecular complexity index is 1540. The van der Waals surface area contributed by atoms with Gasteiger partial charge in [-0.15, -0.1) is 5.10 Å². The molecule has 1 fully saturated rings. The van der Waals surface area contributed by atoms with E-state index in [2.05, 4.69) is 31.1 Å². The molecule has 0 aromatic heterocycles. The first-order chi connectivity index (χ1) is 22.8. The van der Waals surface area contributed by atoms with E-state index in [0.29, 0.717) is 46.2 Å². The van der Waals surface area contributed by atoms with Crippen LogP contribution in [0.4, 0.5) is 17.6 Å². The van der Waals surface area contributed by atoms with Crippen molar-refractivity contribution in [3.8, 4) is 11.5 Å². The lowest BCUT2D eigenvalue weighted by atomic mass is 9.84. The molecule has 4 rings (SSSR count). The minimum absolute atomic E-state index is 0.0340. The molecular weight excluding hydrogens is 642 g/mol. The molecule has 0 saturated heterocycles. The van der Waals surface area contributed by atoms with Gasteiger partial charge in [-0.2, -0.15) is 18.3 Å². The highest BCUT2D eigenvalue weighted by atomic mass is 19.4. The van der Waals surface area contributed by atoms with Gasteiger partial charge < -0.3 is 25.6 Å². The highest BCUT2D eigenvalue weighted by Crippen LogP contribution is 2.29. The molecule has 5 N–H and O–H groups in total. The number of alkyl halides is 3. The van der Waals surface area contributed by atoms with Gasteiger partial charge in [-0.1, -0.05) is 44.2 Å². The zero-order chi connectivity index (χ0) is 35.3. The van der Waals surface area contributed by atoms with E-state index < -0.39 is 24.0 Å². The standard InChI is InChI=1S/C29H36FN7O4.C2HF3O2/c1-40-25-11-9-19(14-26(25)41-2)15-27(38)35-29(31)34-23(13-18-6-4-3-5-7-18)28(39)32-16-20-8-10-21(22(30)12-20)24-17-33-37-36-24;3-2(4,5)1(6)7/h8-12,14,18,23H,3-7,13,15-17H2,1-2H3,(H,32,39)(H3,31,34,35,38);(H,6,7)/t23-;/m1./s1. The molecule has 2 aliphatic rings. The van der Waals surface area contributed by atoms with Gasteiger partial charge >= 0.3 is 12.1 Å². The van der Waals surface area contributed by atoms with E-state index >= 15 is 0 Å². The molecule has 2 amide bonds. The van der Waals surface area contributed by atoms with Crippen molar-refractivity contribution in [2.75, 3.05) is 20.8 Å². The summed E-state index contributed by atoms with van der Waals surface area (Å²) in [4.78, 5) is 39.2. The number of carboxylic acids is 1. The van der Waals surface area contributed by atoms with Crippen LogP contribution in [0.2, 0.25) is 0 Å². The number of hydrogen-bond acceptors (Lipinski definition) is 9. The number of carbonyl (C=O) groups is 3. The number of carbonyl (C=O) groups excluding carboxylic acids is 2. The van der Waals surface area contributed by atoms with Gasteiger partial charge in [0.05, 0.1) is 26.4 Å². The minimum atomic E-state index is -5.08. The number of amides is 2. The average molecular weight is 680 g/mol. The SMILES string of the molecule is COc1ccc(CC(=O)NC(N)=N[C@H](CC2CCCCC2)C(=O)NCc2ccc(C3=NN=NC3)c(F)c2)cc1OC.O=C(O)C(F)(F)F. The number of benzene rings is 2. The van der Waals surface area contributed by atoms with E-state index in [-0.39, 0.29) is 37.3 Å². The number of ether oxygens (including phenoxy) is 2. The molecule has 17 heteroatoms. The summed E-state index contributed by atoms with van der Waals surface area (Å²) in [5.41, 5.74) is 8.18. The maximum atomic E-state index is 14.7. The van der Waals surface area contributed by atoms with Crippen LogP contribution in [0.3, 0.4) is 0 Å². The van der Waals surface area contributed by atoms with Gasteiger partial charge in [0.1, 0.15) is 18.4 Å². The van der Waals surface area contributed by atoms with Crippen LogP contribution in [-0.2, 0) is 27.3 Å². The van der Waals surface area contributed by atoms with E-state index in [1.54, 1.807) is 30.3 Å². The highest BCUT2D eigenvalue weighted by Gasteiger charge is 2.38. The molecule has 1 heterocycles. The molecule has 1 atom stereocenters. The number of halogens is 4. The predicted octanol–water partition coefficient (Wildman–Crippen LogP) is 4.27. The third-order valence-corrected chi connectivity index (χ3v) is 7.46. The first-order valence-corrected chi connectivity index (χ1v) is 14.9. The number of aliphatic carboxylic acids is 1. The summed E-state index contributed by atoms with van der Waals surface area (Å²) in [6.07, 6.45) is 0.890. The van der Waals surface area contributed by atoms with Crippen molar-refractivity contribution in [1.82, 2.24) is 10.6 Å². The second-order valence-electron chi connectivity index (χ2n) is 11.0. The van der Waals surface area contributed by atoms with Crippen LogP contribution in [0, 0.1) is 11.7 Å². The number of nitrogens with zero attached hydrogens (tertiary/aromatic N) is 4. The zero-order valence-electron chi connectivity index (χ0n) is 26.3. The van der Waals surface area contributed by atoms with Crippen molar-refractivity contribution in [2.24, 2.45) is 32.1 Å². The fourth-order valence-electron chi connectivity index (χ4n) is 5.08. The number of rotatable bonds is 11.